The summed E-state index contributed by atoms with van der Waals surface area (Å²) in [6, 6.07) is 0. The van der Waals surface area contributed by atoms with E-state index in [9.17, 15) is 0 Å². The van der Waals surface area contributed by atoms with Crippen LogP contribution < -0.4 is 5.32 Å². The van der Waals surface area contributed by atoms with Crippen LogP contribution in [0.3, 0.4) is 0 Å². The van der Waals surface area contributed by atoms with Gasteiger partial charge in [0.05, 0.1) is 0 Å². The van der Waals surface area contributed by atoms with Crippen LogP contribution in [0.25, 0.3) is 0 Å². The molecule has 0 fully saturated rings. The van der Waals surface area contributed by atoms with Gasteiger partial charge >= 0.3 is 0 Å². The summed E-state index contributed by atoms with van der Waals surface area (Å²) in [5, 5.41) is 2.96. The van der Waals surface area contributed by atoms with Gasteiger partial charge < -0.3 is 5.32 Å². The van der Waals surface area contributed by atoms with E-state index >= 15 is 0 Å². The van der Waals surface area contributed by atoms with Gasteiger partial charge in [-0.3, -0.25) is 4.99 Å². The fourth-order valence-corrected chi connectivity index (χ4v) is 0.299. The molecule has 0 spiro atoms. The Bertz CT molecular complexity index is 134. The third kappa shape index (κ3) is 4.81. The number of rotatable bonds is 3. The summed E-state index contributed by atoms with van der Waals surface area (Å²) in [5.41, 5.74) is 1.08. The van der Waals surface area contributed by atoms with Crippen molar-refractivity contribution in [3.63, 3.8) is 0 Å². The van der Waals surface area contributed by atoms with E-state index in [1.54, 1.807) is 6.21 Å². The number of nitrogens with zero attached hydrogens (tertiary/aromatic N) is 1. The van der Waals surface area contributed by atoms with Gasteiger partial charge in [0, 0.05) is 25.2 Å². The van der Waals surface area contributed by atoms with Gasteiger partial charge in [0.2, 0.25) is 0 Å². The van der Waals surface area contributed by atoms with Crippen molar-refractivity contribution in [3.8, 4) is 0 Å². The fourth-order valence-electron chi connectivity index (χ4n) is 0.299. The fraction of sp³-hybridized carbons (Fsp3) is 0.286. The Morgan fingerprint density at radius 2 is 2.33 bits per heavy atom. The molecular weight excluding hydrogens is 112 g/mol. The van der Waals surface area contributed by atoms with Gasteiger partial charge in [0.15, 0.2) is 0 Å². The average Bonchev–Trinajstić information content (AvgIpc) is 1.89. The Morgan fingerprint density at radius 1 is 1.67 bits per heavy atom. The molecule has 0 bridgehead atoms. The van der Waals surface area contributed by atoms with Gasteiger partial charge in [-0.2, -0.15) is 0 Å². The minimum atomic E-state index is 1.08. The molecule has 0 aliphatic carbocycles. The zero-order valence-electron chi connectivity index (χ0n) is 5.89. The van der Waals surface area contributed by atoms with Crippen LogP contribution in [-0.4, -0.2) is 13.3 Å². The number of allylic oxidation sites excluding steroid dienone is 2. The van der Waals surface area contributed by atoms with E-state index in [1.165, 1.54) is 6.20 Å². The Labute approximate surface area is 56.0 Å². The Morgan fingerprint density at radius 3 is 2.78 bits per heavy atom. The van der Waals surface area contributed by atoms with E-state index in [0.29, 0.717) is 0 Å². The first-order chi connectivity index (χ1) is 4.31. The minimum absolute atomic E-state index is 1.08. The molecule has 0 aliphatic heterocycles. The van der Waals surface area contributed by atoms with E-state index in [0.717, 1.165) is 5.70 Å². The SMILES string of the molecule is C=C/N=C\C=C(/C)NC. The molecule has 0 unspecified atom stereocenters. The molecule has 0 rings (SSSR count). The quantitative estimate of drug-likeness (QED) is 0.564. The number of aliphatic imine (C=N–C) groups is 1. The maximum atomic E-state index is 3.78. The second-order valence-corrected chi connectivity index (χ2v) is 1.58. The lowest BCUT2D eigenvalue weighted by molar-refractivity contribution is 0.994. The van der Waals surface area contributed by atoms with Gasteiger partial charge in [0.1, 0.15) is 0 Å². The van der Waals surface area contributed by atoms with Crippen LogP contribution in [0.1, 0.15) is 6.92 Å². The number of hydrogen-bond acceptors (Lipinski definition) is 2. The molecule has 2 nitrogen and oxygen atoms in total. The molecule has 0 aliphatic rings. The molecule has 0 aromatic heterocycles. The third-order valence-electron chi connectivity index (χ3n) is 0.910. The predicted molar refractivity (Wildman–Crippen MR) is 41.5 cm³/mol. The maximum absolute atomic E-state index is 3.78. The molecule has 0 saturated heterocycles. The highest BCUT2D eigenvalue weighted by Gasteiger charge is 1.73. The summed E-state index contributed by atoms with van der Waals surface area (Å²) in [6.07, 6.45) is 5.07. The largest absolute Gasteiger partial charge is 0.392 e. The van der Waals surface area contributed by atoms with Gasteiger partial charge in [-0.1, -0.05) is 6.58 Å². The maximum Gasteiger partial charge on any atom is 0.0284 e. The van der Waals surface area contributed by atoms with Gasteiger partial charge in [-0.25, -0.2) is 0 Å². The molecule has 0 aromatic carbocycles. The van der Waals surface area contributed by atoms with Gasteiger partial charge in [0.25, 0.3) is 0 Å². The second kappa shape index (κ2) is 5.09. The predicted octanol–water partition coefficient (Wildman–Crippen LogP) is 1.32. The monoisotopic (exact) mass is 124 g/mol. The Kier molecular flexibility index (Phi) is 4.50. The molecule has 50 valence electrons. The van der Waals surface area contributed by atoms with Crippen molar-refractivity contribution in [3.05, 3.63) is 24.6 Å². The Hall–Kier alpha value is -1.05. The first-order valence-corrected chi connectivity index (χ1v) is 2.80. The van der Waals surface area contributed by atoms with E-state index in [-0.39, 0.29) is 0 Å². The zero-order chi connectivity index (χ0) is 7.11. The molecule has 0 aromatic rings. The average molecular weight is 124 g/mol. The third-order valence-corrected chi connectivity index (χ3v) is 0.910. The summed E-state index contributed by atoms with van der Waals surface area (Å²) in [7, 11) is 1.87. The van der Waals surface area contributed by atoms with E-state index < -0.39 is 0 Å². The smallest absolute Gasteiger partial charge is 0.0284 e. The molecule has 0 saturated carbocycles. The normalized spacial score (nSPS) is 12.0. The highest BCUT2D eigenvalue weighted by molar-refractivity contribution is 5.72. The summed E-state index contributed by atoms with van der Waals surface area (Å²) in [5.74, 6) is 0. The Balaban J connectivity index is 3.67. The molecule has 1 N–H and O–H groups in total. The first-order valence-electron chi connectivity index (χ1n) is 2.80. The highest BCUT2D eigenvalue weighted by Crippen LogP contribution is 1.79. The topological polar surface area (TPSA) is 24.4 Å². The van der Waals surface area contributed by atoms with Crippen LogP contribution in [0.4, 0.5) is 0 Å². The van der Waals surface area contributed by atoms with Crippen molar-refractivity contribution < 1.29 is 0 Å². The second-order valence-electron chi connectivity index (χ2n) is 1.58. The van der Waals surface area contributed by atoms with Crippen molar-refractivity contribution in [2.75, 3.05) is 7.05 Å². The van der Waals surface area contributed by atoms with E-state index in [4.69, 9.17) is 0 Å². The molecule has 0 radical (unpaired) electrons. The summed E-state index contributed by atoms with van der Waals surface area (Å²) >= 11 is 0. The van der Waals surface area contributed by atoms with Crippen molar-refractivity contribution in [1.29, 1.82) is 0 Å². The summed E-state index contributed by atoms with van der Waals surface area (Å²) in [4.78, 5) is 3.78. The lowest BCUT2D eigenvalue weighted by Crippen LogP contribution is -2.00. The van der Waals surface area contributed by atoms with E-state index in [2.05, 4.69) is 16.9 Å². The molecule has 0 heterocycles. The van der Waals surface area contributed by atoms with Crippen molar-refractivity contribution in [2.24, 2.45) is 4.99 Å². The standard InChI is InChI=1S/C7H12N2/c1-4-9-6-5-7(2)8-3/h4-6,8H,1H2,2-3H3/b7-5+,9-6-. The van der Waals surface area contributed by atoms with Crippen molar-refractivity contribution >= 4 is 6.21 Å². The molecule has 9 heavy (non-hydrogen) atoms. The van der Waals surface area contributed by atoms with Crippen molar-refractivity contribution in [1.82, 2.24) is 5.32 Å². The van der Waals surface area contributed by atoms with Crippen LogP contribution in [-0.2, 0) is 0 Å². The summed E-state index contributed by atoms with van der Waals surface area (Å²) < 4.78 is 0. The lowest BCUT2D eigenvalue weighted by Gasteiger charge is -1.92. The van der Waals surface area contributed by atoms with Crippen LogP contribution in [0.15, 0.2) is 29.5 Å². The number of hydrogen-bond donors (Lipinski definition) is 1. The first kappa shape index (κ1) is 7.95. The van der Waals surface area contributed by atoms with Crippen molar-refractivity contribution in [2.45, 2.75) is 6.92 Å². The summed E-state index contributed by atoms with van der Waals surface area (Å²) in [6.45, 7) is 5.40. The number of nitrogens with one attached hydrogen (secondary N) is 1. The van der Waals surface area contributed by atoms with Crippen LogP contribution in [0.2, 0.25) is 0 Å². The molecular formula is C7H12N2. The minimum Gasteiger partial charge on any atom is -0.392 e. The van der Waals surface area contributed by atoms with Crippen LogP contribution in [0, 0.1) is 0 Å². The molecule has 2 heteroatoms. The van der Waals surface area contributed by atoms with Gasteiger partial charge in [-0.05, 0) is 13.0 Å². The van der Waals surface area contributed by atoms with Crippen LogP contribution in [0.5, 0.6) is 0 Å². The van der Waals surface area contributed by atoms with Gasteiger partial charge in [-0.15, -0.1) is 0 Å². The lowest BCUT2D eigenvalue weighted by atomic mass is 10.4. The molecule has 0 atom stereocenters. The van der Waals surface area contributed by atoms with Crippen LogP contribution >= 0.6 is 0 Å². The highest BCUT2D eigenvalue weighted by atomic mass is 14.8. The molecule has 0 amide bonds. The zero-order valence-corrected chi connectivity index (χ0v) is 5.89. The van der Waals surface area contributed by atoms with E-state index in [1.807, 2.05) is 20.0 Å².